The van der Waals surface area contributed by atoms with Crippen molar-refractivity contribution in [3.63, 3.8) is 0 Å². The van der Waals surface area contributed by atoms with Crippen LogP contribution in [-0.2, 0) is 19.7 Å². The van der Waals surface area contributed by atoms with E-state index in [1.165, 1.54) is 0 Å². The number of sulfone groups is 2. The molecule has 0 radical (unpaired) electrons. The van der Waals surface area contributed by atoms with Crippen molar-refractivity contribution in [3.05, 3.63) is 17.7 Å². The van der Waals surface area contributed by atoms with Crippen molar-refractivity contribution in [2.75, 3.05) is 12.5 Å². The molecule has 0 aliphatic heterocycles. The first-order valence-corrected chi connectivity index (χ1v) is 7.95. The van der Waals surface area contributed by atoms with Crippen molar-refractivity contribution in [1.29, 1.82) is 0 Å². The molecule has 0 spiro atoms. The molecule has 0 aliphatic rings. The van der Waals surface area contributed by atoms with Gasteiger partial charge in [-0.15, -0.1) is 12.4 Å². The maximum absolute atomic E-state index is 11.2. The number of hydrogen-bond donors (Lipinski definition) is 1. The highest BCUT2D eigenvalue weighted by atomic mass is 35.5. The fourth-order valence-corrected chi connectivity index (χ4v) is 2.25. The summed E-state index contributed by atoms with van der Waals surface area (Å²) in [7, 11) is -7.56. The van der Waals surface area contributed by atoms with Crippen LogP contribution in [0.5, 0.6) is 0 Å². The standard InChI is InChI=1S/C8H9NO6S2.ClH/c1-16(12,13)6-3-5(8(10)11)4-7(9-6)17(2,14)15;/h3-4H,1-2H3,(H,10,11);1H. The Morgan fingerprint density at radius 3 is 1.61 bits per heavy atom. The Kier molecular flexibility index (Phi) is 4.86. The molecule has 10 heteroatoms. The molecule has 0 unspecified atom stereocenters. The van der Waals surface area contributed by atoms with Gasteiger partial charge in [-0.05, 0) is 12.1 Å². The molecule has 1 aromatic rings. The second kappa shape index (κ2) is 5.21. The zero-order chi connectivity index (χ0) is 13.4. The summed E-state index contributed by atoms with van der Waals surface area (Å²) in [6.07, 6.45) is 1.63. The van der Waals surface area contributed by atoms with Crippen LogP contribution >= 0.6 is 12.4 Å². The Morgan fingerprint density at radius 2 is 1.39 bits per heavy atom. The van der Waals surface area contributed by atoms with Gasteiger partial charge in [0.2, 0.25) is 0 Å². The van der Waals surface area contributed by atoms with E-state index in [1.54, 1.807) is 0 Å². The number of aromatic nitrogens is 1. The molecule has 0 atom stereocenters. The van der Waals surface area contributed by atoms with Crippen LogP contribution in [0.15, 0.2) is 22.2 Å². The average molecular weight is 316 g/mol. The summed E-state index contributed by atoms with van der Waals surface area (Å²) in [6.45, 7) is 0. The highest BCUT2D eigenvalue weighted by Gasteiger charge is 2.19. The Bertz CT molecular complexity index is 629. The largest absolute Gasteiger partial charge is 0.478 e. The number of carboxylic acids is 1. The molecule has 1 N–H and O–H groups in total. The van der Waals surface area contributed by atoms with Gasteiger partial charge in [0.15, 0.2) is 29.7 Å². The fraction of sp³-hybridized carbons (Fsp3) is 0.250. The smallest absolute Gasteiger partial charge is 0.335 e. The molecule has 0 fully saturated rings. The number of rotatable bonds is 3. The molecule has 0 saturated carbocycles. The summed E-state index contributed by atoms with van der Waals surface area (Å²) < 4.78 is 44.9. The molecule has 0 bridgehead atoms. The molecule has 0 saturated heterocycles. The summed E-state index contributed by atoms with van der Waals surface area (Å²) in [5, 5.41) is 7.58. The summed E-state index contributed by atoms with van der Waals surface area (Å²) in [5.41, 5.74) is -0.444. The molecule has 1 aromatic heterocycles. The Labute approximate surface area is 110 Å². The number of carbonyl (C=O) groups is 1. The maximum atomic E-state index is 11.2. The second-order valence-corrected chi connectivity index (χ2v) is 7.31. The monoisotopic (exact) mass is 315 g/mol. The normalized spacial score (nSPS) is 11.7. The zero-order valence-electron chi connectivity index (χ0n) is 9.32. The first kappa shape index (κ1) is 16.8. The Hall–Kier alpha value is -1.19. The second-order valence-electron chi connectivity index (χ2n) is 3.38. The van der Waals surface area contributed by atoms with Crippen LogP contribution in [-0.4, -0.2) is 45.4 Å². The summed E-state index contributed by atoms with van der Waals surface area (Å²) in [4.78, 5) is 14.2. The van der Waals surface area contributed by atoms with Crippen molar-refractivity contribution in [2.24, 2.45) is 0 Å². The maximum Gasteiger partial charge on any atom is 0.335 e. The number of aromatic carboxylic acids is 1. The van der Waals surface area contributed by atoms with Gasteiger partial charge in [-0.25, -0.2) is 26.6 Å². The minimum absolute atomic E-state index is 0. The molecule has 0 aliphatic carbocycles. The molecule has 0 aromatic carbocycles. The quantitative estimate of drug-likeness (QED) is 0.834. The fourth-order valence-electron chi connectivity index (χ4n) is 0.984. The molecular weight excluding hydrogens is 306 g/mol. The van der Waals surface area contributed by atoms with Gasteiger partial charge in [-0.1, -0.05) is 0 Å². The average Bonchev–Trinajstić information content (AvgIpc) is 2.14. The van der Waals surface area contributed by atoms with Gasteiger partial charge in [-0.2, -0.15) is 0 Å². The molecule has 18 heavy (non-hydrogen) atoms. The SMILES string of the molecule is CS(=O)(=O)c1cc(C(=O)O)cc(S(C)(=O)=O)n1.Cl. The molecule has 1 rings (SSSR count). The van der Waals surface area contributed by atoms with Crippen molar-refractivity contribution >= 4 is 38.1 Å². The van der Waals surface area contributed by atoms with Crippen LogP contribution in [0.4, 0.5) is 0 Å². The predicted molar refractivity (Wildman–Crippen MR) is 64.7 cm³/mol. The van der Waals surface area contributed by atoms with Crippen LogP contribution in [0.1, 0.15) is 10.4 Å². The molecule has 102 valence electrons. The van der Waals surface area contributed by atoms with E-state index >= 15 is 0 Å². The van der Waals surface area contributed by atoms with E-state index in [4.69, 9.17) is 5.11 Å². The van der Waals surface area contributed by atoms with Crippen LogP contribution in [0.25, 0.3) is 0 Å². The van der Waals surface area contributed by atoms with Crippen LogP contribution in [0.3, 0.4) is 0 Å². The highest BCUT2D eigenvalue weighted by molar-refractivity contribution is 7.91. The van der Waals surface area contributed by atoms with Crippen molar-refractivity contribution in [1.82, 2.24) is 4.98 Å². The van der Waals surface area contributed by atoms with Gasteiger partial charge in [0.05, 0.1) is 5.56 Å². The third-order valence-electron chi connectivity index (χ3n) is 1.79. The van der Waals surface area contributed by atoms with Crippen LogP contribution < -0.4 is 0 Å². The van der Waals surface area contributed by atoms with E-state index in [-0.39, 0.29) is 12.4 Å². The number of halogens is 1. The van der Waals surface area contributed by atoms with Gasteiger partial charge in [0, 0.05) is 12.5 Å². The number of hydrogen-bond acceptors (Lipinski definition) is 6. The number of pyridine rings is 1. The van der Waals surface area contributed by atoms with E-state index in [1.807, 2.05) is 0 Å². The first-order valence-electron chi connectivity index (χ1n) is 4.17. The number of nitrogens with zero attached hydrogens (tertiary/aromatic N) is 1. The van der Waals surface area contributed by atoms with Gasteiger partial charge in [0.25, 0.3) is 0 Å². The van der Waals surface area contributed by atoms with Gasteiger partial charge in [0.1, 0.15) is 0 Å². The van der Waals surface area contributed by atoms with E-state index in [9.17, 15) is 21.6 Å². The lowest BCUT2D eigenvalue weighted by atomic mass is 10.3. The van der Waals surface area contributed by atoms with Crippen LogP contribution in [0.2, 0.25) is 0 Å². The molecule has 1 heterocycles. The molecular formula is C8H10ClNO6S2. The zero-order valence-corrected chi connectivity index (χ0v) is 11.8. The topological polar surface area (TPSA) is 118 Å². The Balaban J connectivity index is 0.00000289. The van der Waals surface area contributed by atoms with Crippen molar-refractivity contribution < 1.29 is 26.7 Å². The van der Waals surface area contributed by atoms with Gasteiger partial charge < -0.3 is 5.11 Å². The predicted octanol–water partition coefficient (Wildman–Crippen LogP) is 0.00860. The van der Waals surface area contributed by atoms with E-state index in [2.05, 4.69) is 4.98 Å². The lowest BCUT2D eigenvalue weighted by Gasteiger charge is -2.03. The van der Waals surface area contributed by atoms with E-state index in [0.717, 1.165) is 24.6 Å². The molecule has 0 amide bonds. The third-order valence-corrected chi connectivity index (χ3v) is 3.72. The van der Waals surface area contributed by atoms with Crippen molar-refractivity contribution in [2.45, 2.75) is 10.1 Å². The number of carboxylic acid groups (broad SMARTS) is 1. The Morgan fingerprint density at radius 1 is 1.06 bits per heavy atom. The summed E-state index contributed by atoms with van der Waals surface area (Å²) >= 11 is 0. The highest BCUT2D eigenvalue weighted by Crippen LogP contribution is 2.15. The van der Waals surface area contributed by atoms with E-state index < -0.39 is 41.3 Å². The first-order chi connectivity index (χ1) is 7.51. The van der Waals surface area contributed by atoms with Gasteiger partial charge in [-0.3, -0.25) is 0 Å². The minimum Gasteiger partial charge on any atom is -0.478 e. The summed E-state index contributed by atoms with van der Waals surface area (Å²) in [6, 6.07) is 1.62. The van der Waals surface area contributed by atoms with Crippen LogP contribution in [0, 0.1) is 0 Å². The molecule has 7 nitrogen and oxygen atoms in total. The van der Waals surface area contributed by atoms with E-state index in [0.29, 0.717) is 0 Å². The third kappa shape index (κ3) is 3.93. The lowest BCUT2D eigenvalue weighted by molar-refractivity contribution is 0.0696. The summed E-state index contributed by atoms with van der Waals surface area (Å²) in [5.74, 6) is -1.43. The minimum atomic E-state index is -3.78. The lowest BCUT2D eigenvalue weighted by Crippen LogP contribution is -2.10. The van der Waals surface area contributed by atoms with Gasteiger partial charge >= 0.3 is 5.97 Å². The van der Waals surface area contributed by atoms with Crippen molar-refractivity contribution in [3.8, 4) is 0 Å².